The van der Waals surface area contributed by atoms with Crippen molar-refractivity contribution in [3.8, 4) is 11.5 Å². The number of imide groups is 1. The van der Waals surface area contributed by atoms with Gasteiger partial charge in [-0.25, -0.2) is 9.59 Å². The molecule has 0 spiro atoms. The summed E-state index contributed by atoms with van der Waals surface area (Å²) in [4.78, 5) is 34.2. The second kappa shape index (κ2) is 9.31. The molecular weight excluding hydrogens is 328 g/mol. The maximum Gasteiger partial charge on any atom is 0.331 e. The molecule has 0 radical (unpaired) electrons. The molecule has 0 saturated carbocycles. The molecule has 1 aromatic rings. The molecule has 134 valence electrons. The van der Waals surface area contributed by atoms with Crippen molar-refractivity contribution >= 4 is 24.0 Å². The normalized spacial score (nSPS) is 13.0. The molecule has 0 unspecified atom stereocenters. The molecule has 0 saturated heterocycles. The first kappa shape index (κ1) is 18.3. The Hall–Kier alpha value is -3.03. The average molecular weight is 348 g/mol. The van der Waals surface area contributed by atoms with Gasteiger partial charge in [0, 0.05) is 19.0 Å². The maximum absolute atomic E-state index is 11.6. The molecule has 2 N–H and O–H groups in total. The van der Waals surface area contributed by atoms with Crippen LogP contribution in [0.5, 0.6) is 11.5 Å². The third-order valence-corrected chi connectivity index (χ3v) is 3.12. The van der Waals surface area contributed by atoms with Gasteiger partial charge in [0.15, 0.2) is 18.1 Å². The smallest absolute Gasteiger partial charge is 0.331 e. The van der Waals surface area contributed by atoms with Crippen molar-refractivity contribution in [2.24, 2.45) is 0 Å². The number of rotatable bonds is 5. The molecule has 0 aromatic heterocycles. The summed E-state index contributed by atoms with van der Waals surface area (Å²) in [5.74, 6) is -0.116. The molecule has 8 heteroatoms. The van der Waals surface area contributed by atoms with Crippen LogP contribution >= 0.6 is 0 Å². The summed E-state index contributed by atoms with van der Waals surface area (Å²) < 4.78 is 15.9. The van der Waals surface area contributed by atoms with Gasteiger partial charge in [-0.1, -0.05) is 6.07 Å². The number of urea groups is 1. The fraction of sp³-hybridized carbons (Fsp3) is 0.353. The Labute approximate surface area is 145 Å². The molecule has 0 fully saturated rings. The first-order valence-electron chi connectivity index (χ1n) is 7.90. The number of amides is 3. The van der Waals surface area contributed by atoms with Gasteiger partial charge < -0.3 is 19.5 Å². The van der Waals surface area contributed by atoms with Gasteiger partial charge in [-0.15, -0.1) is 0 Å². The van der Waals surface area contributed by atoms with E-state index in [2.05, 4.69) is 5.32 Å². The van der Waals surface area contributed by atoms with E-state index >= 15 is 0 Å². The van der Waals surface area contributed by atoms with Gasteiger partial charge in [-0.2, -0.15) is 0 Å². The summed E-state index contributed by atoms with van der Waals surface area (Å²) in [6.45, 7) is 2.74. The minimum absolute atomic E-state index is 0.386. The largest absolute Gasteiger partial charge is 0.490 e. The fourth-order valence-electron chi connectivity index (χ4n) is 2.00. The van der Waals surface area contributed by atoms with Gasteiger partial charge in [-0.05, 0) is 30.7 Å². The summed E-state index contributed by atoms with van der Waals surface area (Å²) in [7, 11) is 0. The Morgan fingerprint density at radius 1 is 1.20 bits per heavy atom. The third kappa shape index (κ3) is 6.17. The number of ether oxygens (including phenoxy) is 3. The van der Waals surface area contributed by atoms with Crippen LogP contribution in [0.4, 0.5) is 4.79 Å². The summed E-state index contributed by atoms with van der Waals surface area (Å²) in [6, 6.07) is 4.67. The van der Waals surface area contributed by atoms with Gasteiger partial charge >= 0.3 is 12.0 Å². The zero-order valence-electron chi connectivity index (χ0n) is 13.9. The third-order valence-electron chi connectivity index (χ3n) is 3.12. The highest BCUT2D eigenvalue weighted by atomic mass is 16.5. The van der Waals surface area contributed by atoms with Crippen LogP contribution in [0.3, 0.4) is 0 Å². The van der Waals surface area contributed by atoms with Gasteiger partial charge in [-0.3, -0.25) is 10.1 Å². The Morgan fingerprint density at radius 3 is 2.72 bits per heavy atom. The van der Waals surface area contributed by atoms with E-state index in [-0.39, 0.29) is 0 Å². The van der Waals surface area contributed by atoms with Crippen LogP contribution in [-0.4, -0.2) is 44.3 Å². The lowest BCUT2D eigenvalue weighted by Gasteiger charge is -2.07. The summed E-state index contributed by atoms with van der Waals surface area (Å²) in [5.41, 5.74) is 0.730. The van der Waals surface area contributed by atoms with Crippen LogP contribution in [0.1, 0.15) is 18.9 Å². The Balaban J connectivity index is 1.83. The van der Waals surface area contributed by atoms with Gasteiger partial charge in [0.25, 0.3) is 5.91 Å². The Kier molecular flexibility index (Phi) is 6.82. The van der Waals surface area contributed by atoms with Crippen molar-refractivity contribution in [3.63, 3.8) is 0 Å². The number of fused-ring (bicyclic) bond motifs is 1. The van der Waals surface area contributed by atoms with Crippen molar-refractivity contribution in [1.82, 2.24) is 10.6 Å². The van der Waals surface area contributed by atoms with Crippen molar-refractivity contribution in [2.75, 3.05) is 26.4 Å². The molecule has 0 bridgehead atoms. The molecule has 0 aliphatic carbocycles. The molecular formula is C17H20N2O6. The number of hydrogen-bond donors (Lipinski definition) is 2. The van der Waals surface area contributed by atoms with Crippen LogP contribution in [0.15, 0.2) is 24.3 Å². The minimum atomic E-state index is -0.705. The van der Waals surface area contributed by atoms with E-state index in [9.17, 15) is 14.4 Å². The van der Waals surface area contributed by atoms with Crippen LogP contribution in [0.25, 0.3) is 6.08 Å². The first-order valence-corrected chi connectivity index (χ1v) is 7.90. The van der Waals surface area contributed by atoms with E-state index in [1.54, 1.807) is 31.2 Å². The fourth-order valence-corrected chi connectivity index (χ4v) is 2.00. The van der Waals surface area contributed by atoms with Crippen LogP contribution in [0, 0.1) is 0 Å². The molecule has 2 rings (SSSR count). The number of carbonyl (C=O) groups is 3. The van der Waals surface area contributed by atoms with Gasteiger partial charge in [0.05, 0.1) is 13.2 Å². The highest BCUT2D eigenvalue weighted by Gasteiger charge is 2.11. The zero-order chi connectivity index (χ0) is 18.1. The quantitative estimate of drug-likeness (QED) is 0.613. The second-order valence-electron chi connectivity index (χ2n) is 5.11. The maximum atomic E-state index is 11.6. The van der Waals surface area contributed by atoms with Crippen LogP contribution in [0.2, 0.25) is 0 Å². The number of esters is 1. The monoisotopic (exact) mass is 348 g/mol. The van der Waals surface area contributed by atoms with E-state index in [1.165, 1.54) is 6.08 Å². The molecule has 25 heavy (non-hydrogen) atoms. The molecule has 1 aromatic carbocycles. The van der Waals surface area contributed by atoms with Gasteiger partial charge in [0.1, 0.15) is 0 Å². The summed E-state index contributed by atoms with van der Waals surface area (Å²) in [5, 5.41) is 4.42. The van der Waals surface area contributed by atoms with E-state index < -0.39 is 24.5 Å². The molecule has 1 aliphatic heterocycles. The number of nitrogens with one attached hydrogen (secondary N) is 2. The van der Waals surface area contributed by atoms with Crippen molar-refractivity contribution < 1.29 is 28.6 Å². The standard InChI is InChI=1S/C17H20N2O6/c1-2-18-17(22)19-15(20)11-25-16(21)7-5-12-4-6-13-14(10-12)24-9-3-8-23-13/h4-7,10H,2-3,8-9,11H2,1H3,(H2,18,19,20,22)/b7-5+. The minimum Gasteiger partial charge on any atom is -0.490 e. The number of hydrogen-bond acceptors (Lipinski definition) is 6. The highest BCUT2D eigenvalue weighted by molar-refractivity contribution is 5.96. The lowest BCUT2D eigenvalue weighted by molar-refractivity contribution is -0.143. The summed E-state index contributed by atoms with van der Waals surface area (Å²) in [6.07, 6.45) is 3.54. The number of benzene rings is 1. The molecule has 3 amide bonds. The average Bonchev–Trinajstić information content (AvgIpc) is 2.83. The van der Waals surface area contributed by atoms with Crippen LogP contribution < -0.4 is 20.1 Å². The highest BCUT2D eigenvalue weighted by Crippen LogP contribution is 2.30. The Bertz CT molecular complexity index is 671. The summed E-state index contributed by atoms with van der Waals surface area (Å²) >= 11 is 0. The van der Waals surface area contributed by atoms with E-state index in [4.69, 9.17) is 14.2 Å². The lowest BCUT2D eigenvalue weighted by Crippen LogP contribution is -2.41. The lowest BCUT2D eigenvalue weighted by atomic mass is 10.2. The van der Waals surface area contributed by atoms with E-state index in [0.29, 0.717) is 31.3 Å². The second-order valence-corrected chi connectivity index (χ2v) is 5.11. The molecule has 1 aliphatic rings. The van der Waals surface area contributed by atoms with Crippen molar-refractivity contribution in [2.45, 2.75) is 13.3 Å². The van der Waals surface area contributed by atoms with Crippen LogP contribution in [-0.2, 0) is 14.3 Å². The Morgan fingerprint density at radius 2 is 1.96 bits per heavy atom. The predicted octanol–water partition coefficient (Wildman–Crippen LogP) is 1.25. The zero-order valence-corrected chi connectivity index (χ0v) is 13.9. The SMILES string of the molecule is CCNC(=O)NC(=O)COC(=O)/C=C/c1ccc2c(c1)OCCCO2. The predicted molar refractivity (Wildman–Crippen MR) is 89.3 cm³/mol. The molecule has 1 heterocycles. The van der Waals surface area contributed by atoms with Crippen molar-refractivity contribution in [3.05, 3.63) is 29.8 Å². The molecule has 0 atom stereocenters. The first-order chi connectivity index (χ1) is 12.1. The number of carbonyl (C=O) groups excluding carboxylic acids is 3. The van der Waals surface area contributed by atoms with Gasteiger partial charge in [0.2, 0.25) is 0 Å². The van der Waals surface area contributed by atoms with Crippen molar-refractivity contribution in [1.29, 1.82) is 0 Å². The topological polar surface area (TPSA) is 103 Å². The van der Waals surface area contributed by atoms with E-state index in [0.717, 1.165) is 12.0 Å². The van der Waals surface area contributed by atoms with E-state index in [1.807, 2.05) is 5.32 Å². The molecule has 8 nitrogen and oxygen atoms in total.